The van der Waals surface area contributed by atoms with Crippen LogP contribution in [0.1, 0.15) is 99.1 Å². The van der Waals surface area contributed by atoms with Gasteiger partial charge in [0.2, 0.25) is 0 Å². The van der Waals surface area contributed by atoms with Crippen LogP contribution < -0.4 is 10.9 Å². The van der Waals surface area contributed by atoms with Gasteiger partial charge in [0.1, 0.15) is 0 Å². The molecule has 2 aromatic rings. The number of amides is 2. The van der Waals surface area contributed by atoms with Gasteiger partial charge in [0.25, 0.3) is 11.8 Å². The molecule has 180 valence electrons. The number of carbonyl (C=O) groups excluding carboxylic acids is 2. The highest BCUT2D eigenvalue weighted by Gasteiger charge is 2.17. The van der Waals surface area contributed by atoms with E-state index in [-0.39, 0.29) is 22.6 Å². The molecule has 1 saturated carbocycles. The Labute approximate surface area is 202 Å². The predicted octanol–water partition coefficient (Wildman–Crippen LogP) is 5.73. The first-order valence-corrected chi connectivity index (χ1v) is 11.9. The lowest BCUT2D eigenvalue weighted by atomic mass is 9.87. The minimum atomic E-state index is -0.211. The van der Waals surface area contributed by atoms with Crippen LogP contribution in [0.2, 0.25) is 0 Å². The number of hydrazone groups is 2. The third-order valence-electron chi connectivity index (χ3n) is 6.06. The summed E-state index contributed by atoms with van der Waals surface area (Å²) in [5.41, 5.74) is 10.8. The highest BCUT2D eigenvalue weighted by Crippen LogP contribution is 2.23. The van der Waals surface area contributed by atoms with Crippen LogP contribution >= 0.6 is 0 Å². The average Bonchev–Trinajstić information content (AvgIpc) is 2.80. The molecule has 3 rings (SSSR count). The first-order valence-electron chi connectivity index (χ1n) is 11.9. The second-order valence-electron chi connectivity index (χ2n) is 10.9. The summed E-state index contributed by atoms with van der Waals surface area (Å²) in [5.74, 6) is -0.422. The normalized spacial score (nSPS) is 14.4. The van der Waals surface area contributed by atoms with Crippen LogP contribution in [0.3, 0.4) is 0 Å². The maximum atomic E-state index is 12.4. The third-order valence-corrected chi connectivity index (χ3v) is 6.06. The zero-order valence-electron chi connectivity index (χ0n) is 21.2. The van der Waals surface area contributed by atoms with Crippen LogP contribution in [-0.4, -0.2) is 23.2 Å². The van der Waals surface area contributed by atoms with E-state index in [0.717, 1.165) is 11.4 Å². The van der Waals surface area contributed by atoms with Crippen molar-refractivity contribution in [1.82, 2.24) is 10.9 Å². The van der Waals surface area contributed by atoms with Crippen molar-refractivity contribution < 1.29 is 9.59 Å². The van der Waals surface area contributed by atoms with E-state index >= 15 is 0 Å². The molecule has 0 aromatic heterocycles. The van der Waals surface area contributed by atoms with Gasteiger partial charge in [0, 0.05) is 22.6 Å². The van der Waals surface area contributed by atoms with Gasteiger partial charge < -0.3 is 0 Å². The monoisotopic (exact) mass is 460 g/mol. The number of hydrogen-bond acceptors (Lipinski definition) is 4. The maximum Gasteiger partial charge on any atom is 0.271 e. The number of hydrogen-bond donors (Lipinski definition) is 2. The average molecular weight is 461 g/mol. The molecule has 1 aliphatic rings. The summed E-state index contributed by atoms with van der Waals surface area (Å²) in [6.45, 7) is 12.9. The Morgan fingerprint density at radius 2 is 0.882 bits per heavy atom. The second-order valence-corrected chi connectivity index (χ2v) is 10.9. The Hall–Kier alpha value is -3.28. The Morgan fingerprint density at radius 1 is 0.588 bits per heavy atom. The van der Waals surface area contributed by atoms with E-state index in [4.69, 9.17) is 0 Å². The Kier molecular flexibility index (Phi) is 7.70. The van der Waals surface area contributed by atoms with Gasteiger partial charge in [0.15, 0.2) is 0 Å². The summed E-state index contributed by atoms with van der Waals surface area (Å²) in [4.78, 5) is 24.8. The molecular formula is C28H36N4O2. The molecule has 2 amide bonds. The standard InChI is InChI=1S/C28H36N4O2/c1-27(2,3)21-11-7-19(8-12-21)25(33)31-29-23-15-17-24(18-16-23)30-32-26(34)20-9-13-22(14-10-20)28(4,5)6/h7-14H,15-18H2,1-6H3,(H,31,33)(H,32,34). The van der Waals surface area contributed by atoms with Crippen molar-refractivity contribution >= 4 is 23.2 Å². The zero-order valence-corrected chi connectivity index (χ0v) is 21.2. The SMILES string of the molecule is CC(C)(C)c1ccc(C(=O)NN=C2CCC(=NNC(=O)c3ccc(C(C)(C)C)cc3)CC2)cc1. The van der Waals surface area contributed by atoms with Gasteiger partial charge in [-0.2, -0.15) is 10.2 Å². The summed E-state index contributed by atoms with van der Waals surface area (Å²) in [5, 5.41) is 8.62. The van der Waals surface area contributed by atoms with Gasteiger partial charge in [-0.3, -0.25) is 9.59 Å². The molecule has 0 saturated heterocycles. The molecule has 0 radical (unpaired) electrons. The summed E-state index contributed by atoms with van der Waals surface area (Å²) in [7, 11) is 0. The molecule has 2 N–H and O–H groups in total. The van der Waals surface area contributed by atoms with E-state index in [1.54, 1.807) is 0 Å². The minimum Gasteiger partial charge on any atom is -0.267 e. The number of rotatable bonds is 4. The van der Waals surface area contributed by atoms with Gasteiger partial charge in [-0.25, -0.2) is 10.9 Å². The van der Waals surface area contributed by atoms with Crippen molar-refractivity contribution in [2.45, 2.75) is 78.1 Å². The van der Waals surface area contributed by atoms with Crippen molar-refractivity contribution in [3.63, 3.8) is 0 Å². The van der Waals surface area contributed by atoms with Crippen molar-refractivity contribution in [2.75, 3.05) is 0 Å². The zero-order chi connectivity index (χ0) is 24.9. The molecule has 6 nitrogen and oxygen atoms in total. The molecule has 0 heterocycles. The fourth-order valence-corrected chi connectivity index (χ4v) is 3.68. The molecule has 0 unspecified atom stereocenters. The van der Waals surface area contributed by atoms with E-state index < -0.39 is 0 Å². The summed E-state index contributed by atoms with van der Waals surface area (Å²) >= 11 is 0. The molecule has 0 atom stereocenters. The first kappa shape index (κ1) is 25.3. The van der Waals surface area contributed by atoms with Crippen LogP contribution in [-0.2, 0) is 10.8 Å². The van der Waals surface area contributed by atoms with E-state index in [9.17, 15) is 9.59 Å². The first-order chi connectivity index (χ1) is 15.9. The van der Waals surface area contributed by atoms with E-state index in [0.29, 0.717) is 36.8 Å². The van der Waals surface area contributed by atoms with Gasteiger partial charge in [-0.1, -0.05) is 65.8 Å². The molecule has 34 heavy (non-hydrogen) atoms. The predicted molar refractivity (Wildman–Crippen MR) is 139 cm³/mol. The van der Waals surface area contributed by atoms with Crippen LogP contribution in [0.5, 0.6) is 0 Å². The Balaban J connectivity index is 1.48. The number of nitrogens with zero attached hydrogens (tertiary/aromatic N) is 2. The molecular weight excluding hydrogens is 424 g/mol. The molecule has 1 fully saturated rings. The highest BCUT2D eigenvalue weighted by atomic mass is 16.2. The molecule has 0 bridgehead atoms. The molecule has 2 aromatic carbocycles. The Bertz CT molecular complexity index is 982. The third kappa shape index (κ3) is 6.86. The summed E-state index contributed by atoms with van der Waals surface area (Å²) in [6.07, 6.45) is 2.83. The van der Waals surface area contributed by atoms with Crippen LogP contribution in [0, 0.1) is 0 Å². The lowest BCUT2D eigenvalue weighted by Crippen LogP contribution is -2.24. The number of carbonyl (C=O) groups is 2. The smallest absolute Gasteiger partial charge is 0.267 e. The molecule has 0 spiro atoms. The molecule has 0 aliphatic heterocycles. The summed E-state index contributed by atoms with van der Waals surface area (Å²) < 4.78 is 0. The topological polar surface area (TPSA) is 82.9 Å². The van der Waals surface area contributed by atoms with Gasteiger partial charge >= 0.3 is 0 Å². The molecule has 1 aliphatic carbocycles. The van der Waals surface area contributed by atoms with Crippen molar-refractivity contribution in [3.8, 4) is 0 Å². The lowest BCUT2D eigenvalue weighted by Gasteiger charge is -2.19. The van der Waals surface area contributed by atoms with Crippen LogP contribution in [0.4, 0.5) is 0 Å². The van der Waals surface area contributed by atoms with Crippen molar-refractivity contribution in [1.29, 1.82) is 0 Å². The highest BCUT2D eigenvalue weighted by molar-refractivity contribution is 6.01. The number of nitrogens with one attached hydrogen (secondary N) is 2. The van der Waals surface area contributed by atoms with E-state index in [2.05, 4.69) is 62.6 Å². The van der Waals surface area contributed by atoms with Crippen LogP contribution in [0.25, 0.3) is 0 Å². The Morgan fingerprint density at radius 3 is 1.15 bits per heavy atom. The van der Waals surface area contributed by atoms with Crippen molar-refractivity contribution in [3.05, 3.63) is 70.8 Å². The maximum absolute atomic E-state index is 12.4. The van der Waals surface area contributed by atoms with Crippen molar-refractivity contribution in [2.24, 2.45) is 10.2 Å². The summed E-state index contributed by atoms with van der Waals surface area (Å²) in [6, 6.07) is 15.3. The lowest BCUT2D eigenvalue weighted by molar-refractivity contribution is 0.0946. The molecule has 6 heteroatoms. The fourth-order valence-electron chi connectivity index (χ4n) is 3.68. The number of benzene rings is 2. The second kappa shape index (κ2) is 10.3. The largest absolute Gasteiger partial charge is 0.271 e. The fraction of sp³-hybridized carbons (Fsp3) is 0.429. The van der Waals surface area contributed by atoms with E-state index in [1.165, 1.54) is 11.1 Å². The quantitative estimate of drug-likeness (QED) is 0.571. The van der Waals surface area contributed by atoms with E-state index in [1.807, 2.05) is 48.5 Å². The van der Waals surface area contributed by atoms with Gasteiger partial charge in [0.05, 0.1) is 0 Å². The minimum absolute atomic E-state index is 0.0486. The van der Waals surface area contributed by atoms with Gasteiger partial charge in [-0.15, -0.1) is 0 Å². The van der Waals surface area contributed by atoms with Gasteiger partial charge in [-0.05, 0) is 71.9 Å². The van der Waals surface area contributed by atoms with Crippen LogP contribution in [0.15, 0.2) is 58.7 Å².